The maximum atomic E-state index is 13.8. The Bertz CT molecular complexity index is 1460. The molecular formula is C34H40N4O7. The highest BCUT2D eigenvalue weighted by atomic mass is 16.5. The lowest BCUT2D eigenvalue weighted by molar-refractivity contribution is -0.133. The number of carbonyl (C=O) groups excluding carboxylic acids is 4. The van der Waals surface area contributed by atoms with Crippen molar-refractivity contribution in [2.45, 2.75) is 57.3 Å². The highest BCUT2D eigenvalue weighted by Crippen LogP contribution is 2.23. The van der Waals surface area contributed by atoms with E-state index in [2.05, 4.69) is 21.3 Å². The first-order chi connectivity index (χ1) is 21.6. The molecule has 45 heavy (non-hydrogen) atoms. The SMILES string of the molecule is CC(C)C[C@@H]1NC(=O)[C@@H](Cc2ccccc2)NC(=O)c2cccc(c2)Oc2ccc(cc2)C[C@@H](C(=O)NC(CO)CO)NC1=O. The molecule has 0 unspecified atom stereocenters. The van der Waals surface area contributed by atoms with Gasteiger partial charge in [-0.3, -0.25) is 19.2 Å². The molecule has 3 aromatic rings. The van der Waals surface area contributed by atoms with E-state index in [1.54, 1.807) is 48.5 Å². The van der Waals surface area contributed by atoms with Gasteiger partial charge in [-0.25, -0.2) is 0 Å². The van der Waals surface area contributed by atoms with Crippen LogP contribution in [-0.4, -0.2) is 71.2 Å². The first kappa shape index (κ1) is 33.2. The fourth-order valence-electron chi connectivity index (χ4n) is 4.97. The van der Waals surface area contributed by atoms with Gasteiger partial charge in [-0.2, -0.15) is 0 Å². The van der Waals surface area contributed by atoms with Crippen LogP contribution in [0.4, 0.5) is 0 Å². The van der Waals surface area contributed by atoms with Crippen molar-refractivity contribution in [2.24, 2.45) is 5.92 Å². The van der Waals surface area contributed by atoms with Gasteiger partial charge in [0.1, 0.15) is 29.6 Å². The zero-order valence-corrected chi connectivity index (χ0v) is 25.4. The Morgan fingerprint density at radius 2 is 1.53 bits per heavy atom. The summed E-state index contributed by atoms with van der Waals surface area (Å²) in [6.07, 6.45) is 0.527. The van der Waals surface area contributed by atoms with Crippen molar-refractivity contribution >= 4 is 23.6 Å². The molecule has 0 spiro atoms. The molecule has 2 aliphatic heterocycles. The van der Waals surface area contributed by atoms with Crippen molar-refractivity contribution < 1.29 is 34.1 Å². The summed E-state index contributed by atoms with van der Waals surface area (Å²) in [5.41, 5.74) is 1.81. The molecule has 4 amide bonds. The summed E-state index contributed by atoms with van der Waals surface area (Å²) in [5.74, 6) is -1.33. The largest absolute Gasteiger partial charge is 0.457 e. The first-order valence-electron chi connectivity index (χ1n) is 15.0. The molecule has 0 fully saturated rings. The Morgan fingerprint density at radius 3 is 2.20 bits per heavy atom. The van der Waals surface area contributed by atoms with Crippen LogP contribution in [0.5, 0.6) is 11.5 Å². The fraction of sp³-hybridized carbons (Fsp3) is 0.353. The molecule has 0 saturated carbocycles. The monoisotopic (exact) mass is 616 g/mol. The summed E-state index contributed by atoms with van der Waals surface area (Å²) in [4.78, 5) is 54.2. The van der Waals surface area contributed by atoms with Crippen molar-refractivity contribution in [2.75, 3.05) is 13.2 Å². The normalized spacial score (nSPS) is 19.2. The lowest BCUT2D eigenvalue weighted by Crippen LogP contribution is -2.58. The van der Waals surface area contributed by atoms with Crippen LogP contribution >= 0.6 is 0 Å². The minimum atomic E-state index is -1.09. The topological polar surface area (TPSA) is 166 Å². The zero-order chi connectivity index (χ0) is 32.3. The molecule has 11 heteroatoms. The Kier molecular flexibility index (Phi) is 11.7. The smallest absolute Gasteiger partial charge is 0.252 e. The molecule has 2 aliphatic rings. The summed E-state index contributed by atoms with van der Waals surface area (Å²) >= 11 is 0. The molecule has 11 nitrogen and oxygen atoms in total. The number of amides is 4. The standard InChI is InChI=1S/C34H40N4O7/c1-21(2)15-28-33(43)38-29(32(42)35-25(19-39)20-40)17-23-11-13-26(14-12-23)45-27-10-6-9-24(18-27)31(41)36-30(34(44)37-28)16-22-7-4-3-5-8-22/h3-14,18,21,25,28-30,39-40H,15-17,19-20H2,1-2H3,(H,35,42)(H,36,41)(H,37,44)(H,38,43)/t28-,29-,30+/m0/s1. The van der Waals surface area contributed by atoms with Crippen molar-refractivity contribution in [3.8, 4) is 11.5 Å². The van der Waals surface area contributed by atoms with Crippen molar-refractivity contribution in [3.05, 3.63) is 95.6 Å². The van der Waals surface area contributed by atoms with Gasteiger partial charge in [0.2, 0.25) is 17.7 Å². The molecule has 2 heterocycles. The van der Waals surface area contributed by atoms with E-state index < -0.39 is 61.0 Å². The Labute approximate surface area is 262 Å². The number of nitrogens with one attached hydrogen (secondary N) is 4. The molecule has 6 N–H and O–H groups in total. The van der Waals surface area contributed by atoms with Crippen molar-refractivity contribution in [1.29, 1.82) is 0 Å². The molecule has 0 saturated heterocycles. The summed E-state index contributed by atoms with van der Waals surface area (Å²) in [6.45, 7) is 2.83. The number of fused-ring (bicyclic) bond motifs is 11. The molecule has 3 aromatic carbocycles. The van der Waals surface area contributed by atoms with Crippen LogP contribution in [0.25, 0.3) is 0 Å². The first-order valence-corrected chi connectivity index (χ1v) is 15.0. The van der Waals surface area contributed by atoms with Crippen LogP contribution in [0.3, 0.4) is 0 Å². The van der Waals surface area contributed by atoms with Gasteiger partial charge in [-0.05, 0) is 53.8 Å². The highest BCUT2D eigenvalue weighted by molar-refractivity contribution is 5.99. The zero-order valence-electron chi connectivity index (χ0n) is 25.4. The molecule has 0 aliphatic carbocycles. The van der Waals surface area contributed by atoms with Gasteiger partial charge >= 0.3 is 0 Å². The Balaban J connectivity index is 1.72. The van der Waals surface area contributed by atoms with E-state index >= 15 is 0 Å². The van der Waals surface area contributed by atoms with Crippen LogP contribution in [0.2, 0.25) is 0 Å². The van der Waals surface area contributed by atoms with Crippen LogP contribution < -0.4 is 26.0 Å². The molecule has 3 atom stereocenters. The van der Waals surface area contributed by atoms with E-state index in [9.17, 15) is 29.4 Å². The van der Waals surface area contributed by atoms with E-state index in [-0.39, 0.29) is 25.2 Å². The quantitative estimate of drug-likeness (QED) is 0.210. The minimum absolute atomic E-state index is 0.00297. The van der Waals surface area contributed by atoms with Gasteiger partial charge in [0, 0.05) is 18.4 Å². The summed E-state index contributed by atoms with van der Waals surface area (Å²) in [6, 6.07) is 18.7. The average Bonchev–Trinajstić information content (AvgIpc) is 3.03. The van der Waals surface area contributed by atoms with Gasteiger partial charge in [0.05, 0.1) is 19.3 Å². The third kappa shape index (κ3) is 9.62. The van der Waals surface area contributed by atoms with E-state index in [0.29, 0.717) is 22.6 Å². The third-order valence-corrected chi connectivity index (χ3v) is 7.36. The van der Waals surface area contributed by atoms with Gasteiger partial charge in [-0.15, -0.1) is 0 Å². The molecule has 238 valence electrons. The Hall–Kier alpha value is -4.74. The number of rotatable bonds is 8. The fourth-order valence-corrected chi connectivity index (χ4v) is 4.97. The number of hydrogen-bond donors (Lipinski definition) is 6. The molecular weight excluding hydrogens is 576 g/mol. The number of aliphatic hydroxyl groups is 2. The lowest BCUT2D eigenvalue weighted by atomic mass is 9.99. The van der Waals surface area contributed by atoms with E-state index in [0.717, 1.165) is 5.56 Å². The second-order valence-corrected chi connectivity index (χ2v) is 11.5. The van der Waals surface area contributed by atoms with Gasteiger partial charge in [-0.1, -0.05) is 62.4 Å². The number of benzene rings is 3. The maximum Gasteiger partial charge on any atom is 0.252 e. The van der Waals surface area contributed by atoms with Crippen molar-refractivity contribution in [3.63, 3.8) is 0 Å². The number of hydrogen-bond acceptors (Lipinski definition) is 7. The molecule has 4 bridgehead atoms. The Morgan fingerprint density at radius 1 is 0.844 bits per heavy atom. The summed E-state index contributed by atoms with van der Waals surface area (Å²) in [7, 11) is 0. The van der Waals surface area contributed by atoms with Crippen LogP contribution in [-0.2, 0) is 27.2 Å². The number of ether oxygens (including phenoxy) is 1. The third-order valence-electron chi connectivity index (χ3n) is 7.36. The number of aliphatic hydroxyl groups excluding tert-OH is 2. The van der Waals surface area contributed by atoms with Gasteiger partial charge in [0.15, 0.2) is 0 Å². The molecule has 0 aromatic heterocycles. The van der Waals surface area contributed by atoms with Crippen molar-refractivity contribution in [1.82, 2.24) is 21.3 Å². The maximum absolute atomic E-state index is 13.8. The summed E-state index contributed by atoms with van der Waals surface area (Å²) < 4.78 is 5.97. The van der Waals surface area contributed by atoms with Crippen LogP contribution in [0.1, 0.15) is 41.8 Å². The second-order valence-electron chi connectivity index (χ2n) is 11.5. The summed E-state index contributed by atoms with van der Waals surface area (Å²) in [5, 5.41) is 30.0. The lowest BCUT2D eigenvalue weighted by Gasteiger charge is -2.27. The van der Waals surface area contributed by atoms with E-state index in [4.69, 9.17) is 4.74 Å². The second kappa shape index (κ2) is 15.8. The van der Waals surface area contributed by atoms with Gasteiger partial charge in [0.25, 0.3) is 5.91 Å². The highest BCUT2D eigenvalue weighted by Gasteiger charge is 2.31. The van der Waals surface area contributed by atoms with E-state index in [1.807, 2.05) is 44.2 Å². The van der Waals surface area contributed by atoms with E-state index in [1.165, 1.54) is 0 Å². The average molecular weight is 617 g/mol. The van der Waals surface area contributed by atoms with Gasteiger partial charge < -0.3 is 36.2 Å². The molecule has 0 radical (unpaired) electrons. The predicted octanol–water partition coefficient (Wildman–Crippen LogP) is 1.86. The molecule has 5 rings (SSSR count). The number of carbonyl (C=O) groups is 4. The predicted molar refractivity (Wildman–Crippen MR) is 167 cm³/mol. The van der Waals surface area contributed by atoms with Crippen LogP contribution in [0.15, 0.2) is 78.9 Å². The minimum Gasteiger partial charge on any atom is -0.457 e. The van der Waals surface area contributed by atoms with Crippen LogP contribution in [0, 0.1) is 5.92 Å².